The topological polar surface area (TPSA) is 48.3 Å². The average Bonchev–Trinajstić information content (AvgIpc) is 2.97. The van der Waals surface area contributed by atoms with Crippen molar-refractivity contribution in [1.82, 2.24) is 14.9 Å². The summed E-state index contributed by atoms with van der Waals surface area (Å²) in [7, 11) is 0. The molecule has 2 aromatic rings. The number of hydrogen-bond acceptors (Lipinski definition) is 4. The first-order valence-corrected chi connectivity index (χ1v) is 6.47. The van der Waals surface area contributed by atoms with Gasteiger partial charge in [0.2, 0.25) is 0 Å². The van der Waals surface area contributed by atoms with Gasteiger partial charge in [-0.2, -0.15) is 0 Å². The molecular formula is C14H17N3O2. The fourth-order valence-corrected chi connectivity index (χ4v) is 2.12. The second-order valence-corrected chi connectivity index (χ2v) is 4.42. The van der Waals surface area contributed by atoms with Crippen molar-refractivity contribution in [2.24, 2.45) is 0 Å². The van der Waals surface area contributed by atoms with Crippen molar-refractivity contribution >= 4 is 0 Å². The number of aromatic nitrogens is 2. The number of nitrogens with one attached hydrogen (secondary N) is 1. The summed E-state index contributed by atoms with van der Waals surface area (Å²) in [6.45, 7) is 3.83. The number of benzene rings is 1. The molecule has 5 nitrogen and oxygen atoms in total. The predicted octanol–water partition coefficient (Wildman–Crippen LogP) is 1.44. The maximum absolute atomic E-state index is 5.68. The highest BCUT2D eigenvalue weighted by atomic mass is 16.6. The molecule has 1 aromatic carbocycles. The Bertz CT molecular complexity index is 525. The molecule has 19 heavy (non-hydrogen) atoms. The molecule has 0 amide bonds. The van der Waals surface area contributed by atoms with E-state index in [2.05, 4.69) is 16.4 Å². The van der Waals surface area contributed by atoms with Gasteiger partial charge in [-0.3, -0.25) is 0 Å². The van der Waals surface area contributed by atoms with Crippen LogP contribution in [0.5, 0.6) is 11.5 Å². The minimum Gasteiger partial charge on any atom is -0.486 e. The lowest BCUT2D eigenvalue weighted by atomic mass is 10.1. The zero-order chi connectivity index (χ0) is 12.9. The molecule has 0 fully saturated rings. The van der Waals surface area contributed by atoms with E-state index < -0.39 is 0 Å². The van der Waals surface area contributed by atoms with Gasteiger partial charge in [-0.25, -0.2) is 4.98 Å². The zero-order valence-corrected chi connectivity index (χ0v) is 10.7. The third-order valence-electron chi connectivity index (χ3n) is 3.07. The molecule has 0 radical (unpaired) electrons. The van der Waals surface area contributed by atoms with Crippen molar-refractivity contribution in [1.29, 1.82) is 0 Å². The monoisotopic (exact) mass is 259 g/mol. The quantitative estimate of drug-likeness (QED) is 0.826. The van der Waals surface area contributed by atoms with Gasteiger partial charge in [0.1, 0.15) is 13.2 Å². The SMILES string of the molecule is c1cc(CNCCn2ccnc2)c2c(c1)OCCO2. The van der Waals surface area contributed by atoms with Crippen LogP contribution in [-0.4, -0.2) is 29.3 Å². The highest BCUT2D eigenvalue weighted by Gasteiger charge is 2.14. The molecule has 1 aliphatic heterocycles. The number of ether oxygens (including phenoxy) is 2. The molecule has 3 rings (SSSR count). The van der Waals surface area contributed by atoms with E-state index in [0.717, 1.165) is 36.7 Å². The molecule has 1 N–H and O–H groups in total. The molecule has 0 bridgehead atoms. The van der Waals surface area contributed by atoms with Crippen LogP contribution in [0, 0.1) is 0 Å². The van der Waals surface area contributed by atoms with E-state index in [-0.39, 0.29) is 0 Å². The van der Waals surface area contributed by atoms with E-state index in [1.807, 2.05) is 29.2 Å². The fraction of sp³-hybridized carbons (Fsp3) is 0.357. The van der Waals surface area contributed by atoms with Crippen LogP contribution in [-0.2, 0) is 13.1 Å². The average molecular weight is 259 g/mol. The summed E-state index contributed by atoms with van der Waals surface area (Å²) < 4.78 is 13.3. The van der Waals surface area contributed by atoms with Crippen LogP contribution in [0.2, 0.25) is 0 Å². The van der Waals surface area contributed by atoms with Crippen LogP contribution < -0.4 is 14.8 Å². The first-order valence-electron chi connectivity index (χ1n) is 6.47. The van der Waals surface area contributed by atoms with E-state index in [9.17, 15) is 0 Å². The maximum Gasteiger partial charge on any atom is 0.165 e. The minimum absolute atomic E-state index is 0.624. The Labute approximate surface area is 112 Å². The van der Waals surface area contributed by atoms with Crippen LogP contribution in [0.1, 0.15) is 5.56 Å². The van der Waals surface area contributed by atoms with Gasteiger partial charge < -0.3 is 19.4 Å². The fourth-order valence-electron chi connectivity index (χ4n) is 2.12. The molecule has 0 atom stereocenters. The van der Waals surface area contributed by atoms with Crippen LogP contribution in [0.15, 0.2) is 36.9 Å². The molecule has 5 heteroatoms. The van der Waals surface area contributed by atoms with Gasteiger partial charge in [0, 0.05) is 37.6 Å². The summed E-state index contributed by atoms with van der Waals surface area (Å²) in [5.41, 5.74) is 1.14. The number of para-hydroxylation sites is 1. The molecule has 0 saturated carbocycles. The second kappa shape index (κ2) is 5.75. The smallest absolute Gasteiger partial charge is 0.165 e. The van der Waals surface area contributed by atoms with Crippen LogP contribution in [0.25, 0.3) is 0 Å². The Balaban J connectivity index is 1.55. The van der Waals surface area contributed by atoms with E-state index >= 15 is 0 Å². The molecule has 1 aliphatic rings. The van der Waals surface area contributed by atoms with Gasteiger partial charge in [-0.1, -0.05) is 12.1 Å². The van der Waals surface area contributed by atoms with E-state index in [4.69, 9.17) is 9.47 Å². The first-order chi connectivity index (χ1) is 9.43. The van der Waals surface area contributed by atoms with E-state index in [1.54, 1.807) is 6.20 Å². The number of nitrogens with zero attached hydrogens (tertiary/aromatic N) is 2. The Morgan fingerprint density at radius 1 is 1.26 bits per heavy atom. The highest BCUT2D eigenvalue weighted by Crippen LogP contribution is 2.33. The largest absolute Gasteiger partial charge is 0.486 e. The summed E-state index contributed by atoms with van der Waals surface area (Å²) in [5, 5.41) is 3.41. The number of fused-ring (bicyclic) bond motifs is 1. The van der Waals surface area contributed by atoms with E-state index in [0.29, 0.717) is 13.2 Å². The predicted molar refractivity (Wildman–Crippen MR) is 71.4 cm³/mol. The van der Waals surface area contributed by atoms with Crippen LogP contribution in [0.3, 0.4) is 0 Å². The minimum atomic E-state index is 0.624. The summed E-state index contributed by atoms with van der Waals surface area (Å²) >= 11 is 0. The van der Waals surface area contributed by atoms with Gasteiger partial charge in [0.25, 0.3) is 0 Å². The Kier molecular flexibility index (Phi) is 3.65. The lowest BCUT2D eigenvalue weighted by Gasteiger charge is -2.21. The second-order valence-electron chi connectivity index (χ2n) is 4.42. The highest BCUT2D eigenvalue weighted by molar-refractivity contribution is 5.47. The molecule has 1 aromatic heterocycles. The Morgan fingerprint density at radius 2 is 2.21 bits per heavy atom. The van der Waals surface area contributed by atoms with Crippen molar-refractivity contribution in [2.45, 2.75) is 13.1 Å². The number of hydrogen-bond donors (Lipinski definition) is 1. The Hall–Kier alpha value is -2.01. The number of imidazole rings is 1. The van der Waals surface area contributed by atoms with Crippen LogP contribution >= 0.6 is 0 Å². The molecule has 2 heterocycles. The number of rotatable bonds is 5. The Morgan fingerprint density at radius 3 is 3.11 bits per heavy atom. The molecule has 0 spiro atoms. The van der Waals surface area contributed by atoms with Crippen molar-refractivity contribution in [3.8, 4) is 11.5 Å². The lowest BCUT2D eigenvalue weighted by Crippen LogP contribution is -2.21. The summed E-state index contributed by atoms with van der Waals surface area (Å²) in [4.78, 5) is 4.02. The van der Waals surface area contributed by atoms with Gasteiger partial charge in [-0.15, -0.1) is 0 Å². The third-order valence-corrected chi connectivity index (χ3v) is 3.07. The molecular weight excluding hydrogens is 242 g/mol. The van der Waals surface area contributed by atoms with Gasteiger partial charge >= 0.3 is 0 Å². The normalized spacial score (nSPS) is 13.5. The lowest BCUT2D eigenvalue weighted by molar-refractivity contribution is 0.169. The summed E-state index contributed by atoms with van der Waals surface area (Å²) in [6.07, 6.45) is 5.57. The first kappa shape index (κ1) is 12.0. The molecule has 0 aliphatic carbocycles. The summed E-state index contributed by atoms with van der Waals surface area (Å²) in [6, 6.07) is 6.02. The standard InChI is InChI=1S/C14H17N3O2/c1-2-12(14-13(3-1)18-8-9-19-14)10-15-4-6-17-7-5-16-11-17/h1-3,5,7,11,15H,4,6,8-10H2. The van der Waals surface area contributed by atoms with Gasteiger partial charge in [-0.05, 0) is 6.07 Å². The zero-order valence-electron chi connectivity index (χ0n) is 10.7. The van der Waals surface area contributed by atoms with Crippen LogP contribution in [0.4, 0.5) is 0 Å². The van der Waals surface area contributed by atoms with Crippen molar-refractivity contribution in [2.75, 3.05) is 19.8 Å². The van der Waals surface area contributed by atoms with Crippen molar-refractivity contribution in [3.63, 3.8) is 0 Å². The molecule has 0 unspecified atom stereocenters. The summed E-state index contributed by atoms with van der Waals surface area (Å²) in [5.74, 6) is 1.73. The van der Waals surface area contributed by atoms with E-state index in [1.165, 1.54) is 0 Å². The van der Waals surface area contributed by atoms with Crippen molar-refractivity contribution < 1.29 is 9.47 Å². The van der Waals surface area contributed by atoms with Crippen molar-refractivity contribution in [3.05, 3.63) is 42.5 Å². The maximum atomic E-state index is 5.68. The molecule has 100 valence electrons. The third kappa shape index (κ3) is 2.88. The van der Waals surface area contributed by atoms with Gasteiger partial charge in [0.15, 0.2) is 11.5 Å². The molecule has 0 saturated heterocycles. The van der Waals surface area contributed by atoms with Gasteiger partial charge in [0.05, 0.1) is 6.33 Å².